The van der Waals surface area contributed by atoms with E-state index in [9.17, 15) is 20.0 Å². The molecule has 6 rings (SSSR count). The van der Waals surface area contributed by atoms with E-state index in [0.717, 1.165) is 23.6 Å². The quantitative estimate of drug-likeness (QED) is 0.448. The first kappa shape index (κ1) is 28.5. The Morgan fingerprint density at radius 3 is 2.77 bits per heavy atom. The van der Waals surface area contributed by atoms with E-state index in [1.54, 1.807) is 33.0 Å². The number of nitriles is 1. The van der Waals surface area contributed by atoms with E-state index in [1.165, 1.54) is 24.3 Å². The highest BCUT2D eigenvalue weighted by Crippen LogP contribution is 2.38. The highest BCUT2D eigenvalue weighted by molar-refractivity contribution is 6.10. The number of benzene rings is 1. The third-order valence-corrected chi connectivity index (χ3v) is 7.75. The molecule has 3 aromatic rings. The van der Waals surface area contributed by atoms with E-state index in [0.29, 0.717) is 25.4 Å². The summed E-state index contributed by atoms with van der Waals surface area (Å²) in [7, 11) is 0. The van der Waals surface area contributed by atoms with Crippen molar-refractivity contribution in [3.8, 4) is 17.3 Å². The van der Waals surface area contributed by atoms with Gasteiger partial charge in [-0.3, -0.25) is 4.79 Å². The van der Waals surface area contributed by atoms with E-state index < -0.39 is 29.5 Å². The molecule has 43 heavy (non-hydrogen) atoms. The molecule has 12 heteroatoms. The molecule has 0 bridgehead atoms. The molecule has 2 fully saturated rings. The molecule has 222 valence electrons. The molecule has 0 saturated carbocycles. The van der Waals surface area contributed by atoms with Gasteiger partial charge >= 0.3 is 6.09 Å². The molecule has 3 aliphatic heterocycles. The number of fused-ring (bicyclic) bond motifs is 1. The molecule has 1 spiro atoms. The number of rotatable bonds is 4. The van der Waals surface area contributed by atoms with Crippen LogP contribution < -0.4 is 10.2 Å². The number of ether oxygens (including phenoxy) is 2. The van der Waals surface area contributed by atoms with Crippen molar-refractivity contribution in [3.63, 3.8) is 0 Å². The van der Waals surface area contributed by atoms with Crippen LogP contribution in [0.1, 0.15) is 55.2 Å². The highest BCUT2D eigenvalue weighted by Gasteiger charge is 2.45. The summed E-state index contributed by atoms with van der Waals surface area (Å²) >= 11 is 0. The van der Waals surface area contributed by atoms with E-state index in [2.05, 4.69) is 20.2 Å². The maximum atomic E-state index is 15.0. The first-order valence-electron chi connectivity index (χ1n) is 14.0. The number of aliphatic hydroxyl groups excluding tert-OH is 1. The topological polar surface area (TPSA) is 141 Å². The number of anilines is 3. The zero-order chi connectivity index (χ0) is 30.5. The van der Waals surface area contributed by atoms with Gasteiger partial charge in [0.2, 0.25) is 0 Å². The molecule has 0 radical (unpaired) electrons. The lowest BCUT2D eigenvalue weighted by molar-refractivity contribution is 0.0185. The Bertz CT molecular complexity index is 1650. The Hall–Kier alpha value is -4.60. The maximum Gasteiger partial charge on any atom is 0.417 e. The molecule has 3 aliphatic rings. The molecule has 2 aromatic heterocycles. The average Bonchev–Trinajstić information content (AvgIpc) is 3.64. The molecule has 5 heterocycles. The van der Waals surface area contributed by atoms with E-state index in [1.807, 2.05) is 12.1 Å². The smallest absolute Gasteiger partial charge is 0.417 e. The number of imide groups is 1. The number of carbonyl (C=O) groups excluding carboxylic acids is 2. The van der Waals surface area contributed by atoms with E-state index in [4.69, 9.17) is 9.47 Å². The minimum absolute atomic E-state index is 0.00969. The predicted molar refractivity (Wildman–Crippen MR) is 154 cm³/mol. The van der Waals surface area contributed by atoms with Gasteiger partial charge in [0.1, 0.15) is 17.2 Å². The molecule has 2 saturated heterocycles. The van der Waals surface area contributed by atoms with Crippen molar-refractivity contribution in [1.29, 1.82) is 5.26 Å². The standard InChI is InChI=1S/C31H31FN6O5/c1-30(2,3)43-29(41)38-15-24-27(28(38)40)23(11-22(35-24)26-18(13-33)5-4-6-21(26)32)36-25-8-7-19(14-34-25)37-10-9-31(17-37)12-20(39)16-42-31/h4-8,11,14,20,39H,9-10,12,15-17H2,1-3H3,(H,34,35,36). The van der Waals surface area contributed by atoms with Crippen molar-refractivity contribution in [3.05, 3.63) is 65.2 Å². The summed E-state index contributed by atoms with van der Waals surface area (Å²) in [6, 6.07) is 11.3. The lowest BCUT2D eigenvalue weighted by atomic mass is 9.98. The molecule has 0 aliphatic carbocycles. The SMILES string of the molecule is CC(C)(C)OC(=O)N1Cc2nc(-c3c(F)cccc3C#N)cc(Nc3ccc(N4CCC5(CC(O)CO5)C4)cn3)c2C1=O. The van der Waals surface area contributed by atoms with Crippen molar-refractivity contribution < 1.29 is 28.6 Å². The second-order valence-corrected chi connectivity index (χ2v) is 12.1. The lowest BCUT2D eigenvalue weighted by Gasteiger charge is -2.24. The minimum Gasteiger partial charge on any atom is -0.443 e. The second kappa shape index (κ2) is 10.6. The number of pyridine rings is 2. The van der Waals surface area contributed by atoms with Crippen LogP contribution in [0.2, 0.25) is 0 Å². The third kappa shape index (κ3) is 5.49. The number of carbonyl (C=O) groups is 2. The van der Waals surface area contributed by atoms with Crippen molar-refractivity contribution in [1.82, 2.24) is 14.9 Å². The van der Waals surface area contributed by atoms with Gasteiger partial charge in [-0.1, -0.05) is 6.07 Å². The fourth-order valence-corrected chi connectivity index (χ4v) is 5.83. The number of aliphatic hydroxyl groups is 1. The molecule has 2 atom stereocenters. The fraction of sp³-hybridized carbons (Fsp3) is 0.387. The molecule has 1 aromatic carbocycles. The Labute approximate surface area is 247 Å². The molecule has 2 amide bonds. The van der Waals surface area contributed by atoms with Gasteiger partial charge < -0.3 is 24.8 Å². The van der Waals surface area contributed by atoms with Crippen LogP contribution in [-0.4, -0.2) is 69.0 Å². The Morgan fingerprint density at radius 2 is 2.09 bits per heavy atom. The van der Waals surface area contributed by atoms with Crippen molar-refractivity contribution in [2.45, 2.75) is 57.5 Å². The Kier molecular flexibility index (Phi) is 7.02. The third-order valence-electron chi connectivity index (χ3n) is 7.75. The van der Waals surface area contributed by atoms with Gasteiger partial charge in [0, 0.05) is 19.5 Å². The number of nitrogens with zero attached hydrogens (tertiary/aromatic N) is 5. The number of nitrogens with one attached hydrogen (secondary N) is 1. The van der Waals surface area contributed by atoms with E-state index in [-0.39, 0.29) is 45.9 Å². The van der Waals surface area contributed by atoms with Crippen LogP contribution in [0.15, 0.2) is 42.6 Å². The first-order valence-corrected chi connectivity index (χ1v) is 14.0. The fourth-order valence-electron chi connectivity index (χ4n) is 5.83. The summed E-state index contributed by atoms with van der Waals surface area (Å²) in [6.45, 7) is 6.68. The van der Waals surface area contributed by atoms with Gasteiger partial charge in [0.05, 0.1) is 76.6 Å². The van der Waals surface area contributed by atoms with E-state index >= 15 is 4.39 Å². The lowest BCUT2D eigenvalue weighted by Crippen LogP contribution is -2.37. The normalized spacial score (nSPS) is 21.3. The molecule has 11 nitrogen and oxygen atoms in total. The monoisotopic (exact) mass is 586 g/mol. The van der Waals surface area contributed by atoms with Gasteiger partial charge in [-0.2, -0.15) is 5.26 Å². The summed E-state index contributed by atoms with van der Waals surface area (Å²) in [5, 5.41) is 22.7. The highest BCUT2D eigenvalue weighted by atomic mass is 19.1. The van der Waals surface area contributed by atoms with Crippen LogP contribution in [0.4, 0.5) is 26.4 Å². The van der Waals surface area contributed by atoms with Gasteiger partial charge in [-0.05, 0) is 57.5 Å². The van der Waals surface area contributed by atoms with Crippen LogP contribution in [0, 0.1) is 17.1 Å². The van der Waals surface area contributed by atoms with Gasteiger partial charge in [-0.15, -0.1) is 0 Å². The number of hydrogen-bond donors (Lipinski definition) is 2. The Balaban J connectivity index is 1.33. The molecular weight excluding hydrogens is 555 g/mol. The summed E-state index contributed by atoms with van der Waals surface area (Å²) in [5.41, 5.74) is 0.537. The molecule has 2 N–H and O–H groups in total. The number of hydrogen-bond acceptors (Lipinski definition) is 10. The maximum absolute atomic E-state index is 15.0. The van der Waals surface area contributed by atoms with Crippen LogP contribution >= 0.6 is 0 Å². The second-order valence-electron chi connectivity index (χ2n) is 12.1. The summed E-state index contributed by atoms with van der Waals surface area (Å²) in [4.78, 5) is 38.6. The number of aromatic nitrogens is 2. The number of halogens is 1. The first-order chi connectivity index (χ1) is 20.4. The van der Waals surface area contributed by atoms with Gasteiger partial charge in [0.25, 0.3) is 5.91 Å². The predicted octanol–water partition coefficient (Wildman–Crippen LogP) is 4.52. The van der Waals surface area contributed by atoms with Crippen LogP contribution in [0.25, 0.3) is 11.3 Å². The van der Waals surface area contributed by atoms with Crippen molar-refractivity contribution >= 4 is 29.2 Å². The summed E-state index contributed by atoms with van der Waals surface area (Å²) in [6.07, 6.45) is 1.85. The van der Waals surface area contributed by atoms with Crippen LogP contribution in [0.3, 0.4) is 0 Å². The van der Waals surface area contributed by atoms with Crippen molar-refractivity contribution in [2.24, 2.45) is 0 Å². The zero-order valence-electron chi connectivity index (χ0n) is 24.1. The largest absolute Gasteiger partial charge is 0.443 e. The molecule has 2 unspecified atom stereocenters. The van der Waals surface area contributed by atoms with Crippen LogP contribution in [0.5, 0.6) is 0 Å². The zero-order valence-corrected chi connectivity index (χ0v) is 24.1. The van der Waals surface area contributed by atoms with Gasteiger partial charge in [-0.25, -0.2) is 24.1 Å². The van der Waals surface area contributed by atoms with Gasteiger partial charge in [0.15, 0.2) is 0 Å². The van der Waals surface area contributed by atoms with Crippen LogP contribution in [-0.2, 0) is 16.0 Å². The minimum atomic E-state index is -0.828. The summed E-state index contributed by atoms with van der Waals surface area (Å²) < 4.78 is 26.4. The number of amides is 2. The Morgan fingerprint density at radius 1 is 1.28 bits per heavy atom. The molecular formula is C31H31FN6O5. The summed E-state index contributed by atoms with van der Waals surface area (Å²) in [5.74, 6) is -0.852. The average molecular weight is 587 g/mol. The van der Waals surface area contributed by atoms with Crippen molar-refractivity contribution in [2.75, 3.05) is 29.9 Å².